The maximum Gasteiger partial charge on any atom is 0.0950 e. The van der Waals surface area contributed by atoms with Gasteiger partial charge in [0, 0.05) is 12.6 Å². The fourth-order valence-electron chi connectivity index (χ4n) is 2.58. The van der Waals surface area contributed by atoms with E-state index in [2.05, 4.69) is 57.3 Å². The highest BCUT2D eigenvalue weighted by Gasteiger charge is 2.23. The molecule has 2 nitrogen and oxygen atoms in total. The summed E-state index contributed by atoms with van der Waals surface area (Å²) >= 11 is 0. The molecule has 1 heterocycles. The quantitative estimate of drug-likeness (QED) is 0.894. The molecule has 1 aliphatic heterocycles. The van der Waals surface area contributed by atoms with Crippen molar-refractivity contribution in [3.8, 4) is 0 Å². The Labute approximate surface area is 117 Å². The molecule has 1 aliphatic rings. The largest absolute Gasteiger partial charge is 0.371 e. The second-order valence-electron chi connectivity index (χ2n) is 6.42. The molecule has 2 heteroatoms. The Bertz CT molecular complexity index is 375. The topological polar surface area (TPSA) is 21.3 Å². The monoisotopic (exact) mass is 261 g/mol. The standard InChI is InChI=1S/C17H27NO/c1-12(2)9-14-5-7-15(8-6-14)17-10-18-16(11-19-17)13(3)4/h5-8,12-13,16-18H,9-11H2,1-4H3. The van der Waals surface area contributed by atoms with Gasteiger partial charge in [0.05, 0.1) is 12.7 Å². The molecule has 2 atom stereocenters. The number of benzene rings is 1. The van der Waals surface area contributed by atoms with E-state index in [1.807, 2.05) is 0 Å². The minimum Gasteiger partial charge on any atom is -0.371 e. The van der Waals surface area contributed by atoms with Crippen molar-refractivity contribution < 1.29 is 4.74 Å². The summed E-state index contributed by atoms with van der Waals surface area (Å²) in [6.07, 6.45) is 1.36. The summed E-state index contributed by atoms with van der Waals surface area (Å²) in [6, 6.07) is 9.43. The van der Waals surface area contributed by atoms with Crippen LogP contribution < -0.4 is 5.32 Å². The van der Waals surface area contributed by atoms with Crippen molar-refractivity contribution in [3.63, 3.8) is 0 Å². The first kappa shape index (κ1) is 14.5. The molecule has 1 N–H and O–H groups in total. The molecule has 0 amide bonds. The Morgan fingerprint density at radius 2 is 1.84 bits per heavy atom. The van der Waals surface area contributed by atoms with Crippen LogP contribution in [0.5, 0.6) is 0 Å². The first-order chi connectivity index (χ1) is 9.06. The van der Waals surface area contributed by atoms with Crippen molar-refractivity contribution in [2.24, 2.45) is 11.8 Å². The van der Waals surface area contributed by atoms with Gasteiger partial charge in [-0.3, -0.25) is 0 Å². The first-order valence-electron chi connectivity index (χ1n) is 7.50. The summed E-state index contributed by atoms with van der Waals surface area (Å²) in [6.45, 7) is 10.7. The Hall–Kier alpha value is -0.860. The molecule has 1 saturated heterocycles. The van der Waals surface area contributed by atoms with E-state index < -0.39 is 0 Å². The molecule has 2 unspecified atom stereocenters. The second-order valence-corrected chi connectivity index (χ2v) is 6.42. The van der Waals surface area contributed by atoms with Crippen LogP contribution in [0.2, 0.25) is 0 Å². The number of hydrogen-bond acceptors (Lipinski definition) is 2. The van der Waals surface area contributed by atoms with Crippen LogP contribution in [0.25, 0.3) is 0 Å². The maximum absolute atomic E-state index is 6.00. The number of hydrogen-bond donors (Lipinski definition) is 1. The van der Waals surface area contributed by atoms with Crippen molar-refractivity contribution in [1.29, 1.82) is 0 Å². The van der Waals surface area contributed by atoms with E-state index in [4.69, 9.17) is 4.74 Å². The highest BCUT2D eigenvalue weighted by Crippen LogP contribution is 2.22. The van der Waals surface area contributed by atoms with E-state index >= 15 is 0 Å². The Balaban J connectivity index is 1.92. The van der Waals surface area contributed by atoms with Crippen molar-refractivity contribution in [1.82, 2.24) is 5.32 Å². The highest BCUT2D eigenvalue weighted by atomic mass is 16.5. The van der Waals surface area contributed by atoms with Crippen molar-refractivity contribution >= 4 is 0 Å². The Morgan fingerprint density at radius 3 is 2.32 bits per heavy atom. The fourth-order valence-corrected chi connectivity index (χ4v) is 2.58. The summed E-state index contributed by atoms with van der Waals surface area (Å²) in [7, 11) is 0. The molecule has 2 rings (SSSR count). The van der Waals surface area contributed by atoms with E-state index in [9.17, 15) is 0 Å². The van der Waals surface area contributed by atoms with Gasteiger partial charge in [0.1, 0.15) is 0 Å². The molecule has 0 radical (unpaired) electrons. The van der Waals surface area contributed by atoms with Crippen LogP contribution in [-0.2, 0) is 11.2 Å². The predicted octanol–water partition coefficient (Wildman–Crippen LogP) is 3.57. The fraction of sp³-hybridized carbons (Fsp3) is 0.647. The van der Waals surface area contributed by atoms with Gasteiger partial charge in [0.15, 0.2) is 0 Å². The van der Waals surface area contributed by atoms with Gasteiger partial charge < -0.3 is 10.1 Å². The van der Waals surface area contributed by atoms with E-state index in [0.717, 1.165) is 19.6 Å². The van der Waals surface area contributed by atoms with E-state index in [1.54, 1.807) is 0 Å². The van der Waals surface area contributed by atoms with Gasteiger partial charge in [-0.1, -0.05) is 52.0 Å². The number of nitrogens with one attached hydrogen (secondary N) is 1. The van der Waals surface area contributed by atoms with Crippen LogP contribution in [0.3, 0.4) is 0 Å². The smallest absolute Gasteiger partial charge is 0.0950 e. The zero-order valence-corrected chi connectivity index (χ0v) is 12.6. The molecule has 106 valence electrons. The maximum atomic E-state index is 6.00. The summed E-state index contributed by atoms with van der Waals surface area (Å²) in [5.74, 6) is 1.35. The van der Waals surface area contributed by atoms with Gasteiger partial charge in [-0.15, -0.1) is 0 Å². The van der Waals surface area contributed by atoms with E-state index in [-0.39, 0.29) is 6.10 Å². The zero-order chi connectivity index (χ0) is 13.8. The lowest BCUT2D eigenvalue weighted by atomic mass is 9.98. The van der Waals surface area contributed by atoms with Gasteiger partial charge in [-0.2, -0.15) is 0 Å². The zero-order valence-electron chi connectivity index (χ0n) is 12.6. The van der Waals surface area contributed by atoms with Crippen molar-refractivity contribution in [2.75, 3.05) is 13.2 Å². The molecule has 0 aliphatic carbocycles. The summed E-state index contributed by atoms with van der Waals surface area (Å²) in [4.78, 5) is 0. The lowest BCUT2D eigenvalue weighted by Gasteiger charge is -2.32. The van der Waals surface area contributed by atoms with Gasteiger partial charge >= 0.3 is 0 Å². The third kappa shape index (κ3) is 4.05. The van der Waals surface area contributed by atoms with Crippen LogP contribution >= 0.6 is 0 Å². The van der Waals surface area contributed by atoms with E-state index in [0.29, 0.717) is 17.9 Å². The first-order valence-corrected chi connectivity index (χ1v) is 7.50. The third-order valence-electron chi connectivity index (χ3n) is 3.84. The summed E-state index contributed by atoms with van der Waals surface area (Å²) in [5, 5.41) is 3.59. The molecular weight excluding hydrogens is 234 g/mol. The minimum atomic E-state index is 0.211. The SMILES string of the molecule is CC(C)Cc1ccc(C2CNC(C(C)C)CO2)cc1. The van der Waals surface area contributed by atoms with Gasteiger partial charge in [-0.25, -0.2) is 0 Å². The van der Waals surface area contributed by atoms with Crippen molar-refractivity contribution in [2.45, 2.75) is 46.3 Å². The molecule has 19 heavy (non-hydrogen) atoms. The predicted molar refractivity (Wildman–Crippen MR) is 80.3 cm³/mol. The lowest BCUT2D eigenvalue weighted by Crippen LogP contribution is -2.45. The van der Waals surface area contributed by atoms with Crippen LogP contribution in [0.1, 0.15) is 44.9 Å². The highest BCUT2D eigenvalue weighted by molar-refractivity contribution is 5.25. The normalized spacial score (nSPS) is 24.1. The van der Waals surface area contributed by atoms with E-state index in [1.165, 1.54) is 11.1 Å². The number of rotatable bonds is 4. The van der Waals surface area contributed by atoms with Gasteiger partial charge in [0.2, 0.25) is 0 Å². The minimum absolute atomic E-state index is 0.211. The molecule has 0 aromatic heterocycles. The number of ether oxygens (including phenoxy) is 1. The van der Waals surface area contributed by atoms with Crippen molar-refractivity contribution in [3.05, 3.63) is 35.4 Å². The van der Waals surface area contributed by atoms with Crippen LogP contribution in [0, 0.1) is 11.8 Å². The number of morpholine rings is 1. The molecule has 1 aromatic rings. The van der Waals surface area contributed by atoms with Crippen LogP contribution in [-0.4, -0.2) is 19.2 Å². The molecule has 0 bridgehead atoms. The Morgan fingerprint density at radius 1 is 1.16 bits per heavy atom. The second kappa shape index (κ2) is 6.53. The van der Waals surface area contributed by atoms with Gasteiger partial charge in [0.25, 0.3) is 0 Å². The average molecular weight is 261 g/mol. The third-order valence-corrected chi connectivity index (χ3v) is 3.84. The average Bonchev–Trinajstić information content (AvgIpc) is 2.39. The van der Waals surface area contributed by atoms with Crippen LogP contribution in [0.4, 0.5) is 0 Å². The van der Waals surface area contributed by atoms with Gasteiger partial charge in [-0.05, 0) is 29.4 Å². The molecular formula is C17H27NO. The summed E-state index contributed by atoms with van der Waals surface area (Å²) < 4.78 is 6.00. The molecule has 0 spiro atoms. The summed E-state index contributed by atoms with van der Waals surface area (Å²) in [5.41, 5.74) is 2.71. The van der Waals surface area contributed by atoms with Crippen LogP contribution in [0.15, 0.2) is 24.3 Å². The molecule has 1 aromatic carbocycles. The lowest BCUT2D eigenvalue weighted by molar-refractivity contribution is -0.00711. The molecule has 1 fully saturated rings. The molecule has 0 saturated carbocycles. The Kier molecular flexibility index (Phi) is 5.00.